The van der Waals surface area contributed by atoms with Crippen LogP contribution in [0.2, 0.25) is 0 Å². The minimum Gasteiger partial charge on any atom is -0.398 e. The number of nitrogens with zero attached hydrogens (tertiary/aromatic N) is 2. The van der Waals surface area contributed by atoms with Crippen LogP contribution in [0.25, 0.3) is 20.8 Å². The lowest BCUT2D eigenvalue weighted by Crippen LogP contribution is -2.08. The van der Waals surface area contributed by atoms with E-state index in [-0.39, 0.29) is 0 Å². The summed E-state index contributed by atoms with van der Waals surface area (Å²) < 4.78 is 1.12. The molecule has 4 heteroatoms. The van der Waals surface area contributed by atoms with Gasteiger partial charge in [0.05, 0.1) is 26.1 Å². The number of benzene rings is 2. The van der Waals surface area contributed by atoms with Crippen molar-refractivity contribution in [1.29, 1.82) is 0 Å². The van der Waals surface area contributed by atoms with Crippen LogP contribution in [-0.2, 0) is 0 Å². The molecule has 0 saturated carbocycles. The molecule has 2 aliphatic rings. The highest BCUT2D eigenvalue weighted by molar-refractivity contribution is 7.21. The van der Waals surface area contributed by atoms with E-state index in [0.717, 1.165) is 43.9 Å². The number of nitrogens with two attached hydrogens (primary N) is 1. The molecule has 20 heavy (non-hydrogen) atoms. The number of anilines is 1. The molecule has 0 radical (unpaired) electrons. The molecule has 0 saturated heterocycles. The SMILES string of the molecule is CC/N=c1/cc2sc3cc(N)c(C)cc3nc-2cc1C. The third-order valence-corrected chi connectivity index (χ3v) is 4.51. The second-order valence-corrected chi connectivity index (χ2v) is 6.05. The van der Waals surface area contributed by atoms with Gasteiger partial charge in [0, 0.05) is 12.2 Å². The summed E-state index contributed by atoms with van der Waals surface area (Å²) >= 11 is 1.72. The summed E-state index contributed by atoms with van der Waals surface area (Å²) in [6, 6.07) is 8.31. The second kappa shape index (κ2) is 4.87. The minimum absolute atomic E-state index is 0.796. The Morgan fingerprint density at radius 2 is 1.95 bits per heavy atom. The highest BCUT2D eigenvalue weighted by Gasteiger charge is 2.10. The van der Waals surface area contributed by atoms with Gasteiger partial charge < -0.3 is 5.73 Å². The maximum absolute atomic E-state index is 5.99. The summed E-state index contributed by atoms with van der Waals surface area (Å²) in [6.45, 7) is 6.94. The number of rotatable bonds is 1. The van der Waals surface area contributed by atoms with Crippen molar-refractivity contribution < 1.29 is 0 Å². The summed E-state index contributed by atoms with van der Waals surface area (Å²) in [5.74, 6) is 0. The molecule has 0 fully saturated rings. The Labute approximate surface area is 122 Å². The lowest BCUT2D eigenvalue weighted by atomic mass is 10.1. The largest absolute Gasteiger partial charge is 0.398 e. The van der Waals surface area contributed by atoms with Crippen molar-refractivity contribution in [3.05, 3.63) is 40.7 Å². The zero-order valence-corrected chi connectivity index (χ0v) is 12.7. The molecule has 3 rings (SSSR count). The average Bonchev–Trinajstić information content (AvgIpc) is 2.40. The van der Waals surface area contributed by atoms with Gasteiger partial charge in [0.2, 0.25) is 0 Å². The van der Waals surface area contributed by atoms with Gasteiger partial charge in [-0.05, 0) is 56.2 Å². The van der Waals surface area contributed by atoms with Crippen LogP contribution in [0.3, 0.4) is 0 Å². The first kappa shape index (κ1) is 13.1. The smallest absolute Gasteiger partial charge is 0.0813 e. The van der Waals surface area contributed by atoms with Crippen molar-refractivity contribution in [1.82, 2.24) is 4.98 Å². The Morgan fingerprint density at radius 3 is 2.70 bits per heavy atom. The summed E-state index contributed by atoms with van der Waals surface area (Å²) in [6.07, 6.45) is 0. The highest BCUT2D eigenvalue weighted by Crippen LogP contribution is 2.32. The van der Waals surface area contributed by atoms with Gasteiger partial charge >= 0.3 is 0 Å². The highest BCUT2D eigenvalue weighted by atomic mass is 32.1. The van der Waals surface area contributed by atoms with Crippen LogP contribution in [0, 0.1) is 13.8 Å². The zero-order valence-electron chi connectivity index (χ0n) is 11.9. The van der Waals surface area contributed by atoms with Gasteiger partial charge in [-0.2, -0.15) is 0 Å². The van der Waals surface area contributed by atoms with Crippen molar-refractivity contribution in [3.8, 4) is 10.6 Å². The fourth-order valence-corrected chi connectivity index (χ4v) is 3.29. The number of nitrogen functional groups attached to an aromatic ring is 1. The fourth-order valence-electron chi connectivity index (χ4n) is 2.28. The predicted molar refractivity (Wildman–Crippen MR) is 86.2 cm³/mol. The molecule has 0 spiro atoms. The Kier molecular flexibility index (Phi) is 3.18. The molecule has 1 aliphatic heterocycles. The van der Waals surface area contributed by atoms with Crippen LogP contribution in [0.15, 0.2) is 29.3 Å². The van der Waals surface area contributed by atoms with E-state index >= 15 is 0 Å². The Balaban J connectivity index is 2.37. The van der Waals surface area contributed by atoms with E-state index in [4.69, 9.17) is 10.7 Å². The Hall–Kier alpha value is -1.94. The van der Waals surface area contributed by atoms with Crippen LogP contribution in [0.1, 0.15) is 18.1 Å². The maximum Gasteiger partial charge on any atom is 0.0813 e. The van der Waals surface area contributed by atoms with Crippen LogP contribution in [-0.4, -0.2) is 11.5 Å². The number of hydrogen-bond acceptors (Lipinski definition) is 4. The molecule has 0 amide bonds. The van der Waals surface area contributed by atoms with E-state index in [1.807, 2.05) is 13.0 Å². The average molecular weight is 283 g/mol. The van der Waals surface area contributed by atoms with E-state index in [2.05, 4.69) is 37.0 Å². The van der Waals surface area contributed by atoms with Crippen LogP contribution in [0.5, 0.6) is 0 Å². The maximum atomic E-state index is 5.99. The molecule has 0 atom stereocenters. The molecule has 1 heterocycles. The van der Waals surface area contributed by atoms with Crippen LogP contribution in [0.4, 0.5) is 5.69 Å². The van der Waals surface area contributed by atoms with E-state index in [1.54, 1.807) is 11.3 Å². The molecule has 2 N–H and O–H groups in total. The normalized spacial score (nSPS) is 12.4. The first-order valence-electron chi connectivity index (χ1n) is 6.70. The second-order valence-electron chi connectivity index (χ2n) is 4.97. The Bertz CT molecular complexity index is 833. The van der Waals surface area contributed by atoms with E-state index < -0.39 is 0 Å². The van der Waals surface area contributed by atoms with Gasteiger partial charge in [-0.15, -0.1) is 11.3 Å². The van der Waals surface area contributed by atoms with Crippen LogP contribution >= 0.6 is 11.3 Å². The van der Waals surface area contributed by atoms with E-state index in [9.17, 15) is 0 Å². The van der Waals surface area contributed by atoms with Crippen molar-refractivity contribution in [2.45, 2.75) is 20.8 Å². The third kappa shape index (κ3) is 2.16. The number of aromatic nitrogens is 1. The van der Waals surface area contributed by atoms with Gasteiger partial charge in [0.25, 0.3) is 0 Å². The van der Waals surface area contributed by atoms with E-state index in [0.29, 0.717) is 0 Å². The number of fused-ring (bicyclic) bond motifs is 2. The molecule has 3 nitrogen and oxygen atoms in total. The van der Waals surface area contributed by atoms with Crippen LogP contribution < -0.4 is 11.1 Å². The summed E-state index contributed by atoms with van der Waals surface area (Å²) in [5, 5.41) is 1.05. The molecule has 1 aliphatic carbocycles. The van der Waals surface area contributed by atoms with Gasteiger partial charge in [0.1, 0.15) is 0 Å². The molecular formula is C16H17N3S. The number of aryl methyl sites for hydroxylation is 2. The number of hydrogen-bond donors (Lipinski definition) is 1. The van der Waals surface area contributed by atoms with Crippen molar-refractivity contribution in [3.63, 3.8) is 0 Å². The molecule has 0 unspecified atom stereocenters. The Morgan fingerprint density at radius 1 is 1.15 bits per heavy atom. The standard InChI is InChI=1S/C16H17N3S/c1-4-18-12-8-16-14(6-10(12)3)19-13-5-9(2)11(17)7-15(13)20-16/h5-8H,4,17H2,1-3H3/b18-12-. The monoisotopic (exact) mass is 283 g/mol. The van der Waals surface area contributed by atoms with Gasteiger partial charge in [-0.1, -0.05) is 0 Å². The summed E-state index contributed by atoms with van der Waals surface area (Å²) in [4.78, 5) is 10.4. The van der Waals surface area contributed by atoms with Gasteiger partial charge in [-0.25, -0.2) is 4.98 Å². The van der Waals surface area contributed by atoms with Gasteiger partial charge in [0.15, 0.2) is 0 Å². The third-order valence-electron chi connectivity index (χ3n) is 3.41. The summed E-state index contributed by atoms with van der Waals surface area (Å²) in [5.41, 5.74) is 11.1. The molecule has 0 aromatic heterocycles. The lowest BCUT2D eigenvalue weighted by Gasteiger charge is -2.09. The lowest BCUT2D eigenvalue weighted by molar-refractivity contribution is 1.05. The first-order valence-corrected chi connectivity index (χ1v) is 7.52. The first-order chi connectivity index (χ1) is 9.58. The topological polar surface area (TPSA) is 51.3 Å². The van der Waals surface area contributed by atoms with Gasteiger partial charge in [-0.3, -0.25) is 4.99 Å². The van der Waals surface area contributed by atoms with Crippen molar-refractivity contribution >= 4 is 27.2 Å². The molecule has 1 aromatic rings. The quantitative estimate of drug-likeness (QED) is 0.549. The van der Waals surface area contributed by atoms with Crippen molar-refractivity contribution in [2.24, 2.45) is 4.99 Å². The van der Waals surface area contributed by atoms with E-state index in [1.165, 1.54) is 5.56 Å². The zero-order chi connectivity index (χ0) is 14.3. The molecular weight excluding hydrogens is 266 g/mol. The molecule has 0 bridgehead atoms. The minimum atomic E-state index is 0.796. The summed E-state index contributed by atoms with van der Waals surface area (Å²) in [7, 11) is 0. The van der Waals surface area contributed by atoms with Crippen molar-refractivity contribution in [2.75, 3.05) is 12.3 Å². The molecule has 102 valence electrons. The fraction of sp³-hybridized carbons (Fsp3) is 0.250. The molecule has 1 aromatic carbocycles. The predicted octanol–water partition coefficient (Wildman–Crippen LogP) is 3.52.